The highest BCUT2D eigenvalue weighted by molar-refractivity contribution is 7.81. The fourth-order valence-electron chi connectivity index (χ4n) is 19.4. The van der Waals surface area contributed by atoms with Gasteiger partial charge in [0.2, 0.25) is 0 Å². The summed E-state index contributed by atoms with van der Waals surface area (Å²) in [6.07, 6.45) is 0. The SMILES string of the molecule is CC[Si](CC)(CC)c1cc(P(c2cc([Si](CC)(CC)CC)cc([Si](CC)(CC)CC)c2)c2cccc(OC)c2-c2c(OC)cccc2P(c2cc([Si](CC)(CC)CC)cc([Si](CC)(CC)CC)c2)c2cc([Si](CC)(CC)CC)cc([Si](CC)(CC)CC)c2)cc([Si](CC)(CC)CC)c1. The first kappa shape index (κ1) is 84.5. The van der Waals surface area contributed by atoms with Gasteiger partial charge in [-0.05, 0) is 59.8 Å². The van der Waals surface area contributed by atoms with Gasteiger partial charge in [0.15, 0.2) is 0 Å². The predicted octanol–water partition coefficient (Wildman–Crippen LogP) is 20.6. The van der Waals surface area contributed by atoms with Crippen LogP contribution in [-0.4, -0.2) is 78.8 Å². The van der Waals surface area contributed by atoms with E-state index in [0.29, 0.717) is 0 Å². The van der Waals surface area contributed by atoms with Crippen LogP contribution >= 0.6 is 15.8 Å². The lowest BCUT2D eigenvalue weighted by molar-refractivity contribution is 0.411. The Hall–Kier alpha value is -2.48. The summed E-state index contributed by atoms with van der Waals surface area (Å²) in [5.74, 6) is 1.94. The molecule has 0 amide bonds. The molecule has 542 valence electrons. The van der Waals surface area contributed by atoms with Gasteiger partial charge in [-0.2, -0.15) is 0 Å². The molecular weight excluding hydrogens is 1350 g/mol. The second-order valence-corrected chi connectivity index (χ2v) is 76.6. The van der Waals surface area contributed by atoms with Gasteiger partial charge < -0.3 is 9.47 Å². The van der Waals surface area contributed by atoms with Crippen LogP contribution in [0.25, 0.3) is 11.1 Å². The van der Waals surface area contributed by atoms with Crippen LogP contribution in [0.5, 0.6) is 11.5 Å². The van der Waals surface area contributed by atoms with Gasteiger partial charge in [-0.15, -0.1) is 0 Å². The summed E-state index contributed by atoms with van der Waals surface area (Å²) in [6.45, 7) is 61.2. The molecule has 12 heteroatoms. The second kappa shape index (κ2) is 37.0. The Kier molecular flexibility index (Phi) is 31.9. The fourth-order valence-corrected chi connectivity index (χ4v) is 55.4. The van der Waals surface area contributed by atoms with Gasteiger partial charge in [0.25, 0.3) is 0 Å². The summed E-state index contributed by atoms with van der Waals surface area (Å²) in [5.41, 5.74) is 2.52. The molecule has 0 saturated heterocycles. The van der Waals surface area contributed by atoms with Crippen molar-refractivity contribution >= 4 is 154 Å². The average molecular weight is 1500 g/mol. The molecule has 0 spiro atoms. The summed E-state index contributed by atoms with van der Waals surface area (Å²) in [5, 5.41) is 22.9. The first-order valence-electron chi connectivity index (χ1n) is 40.7. The molecule has 0 aliphatic carbocycles. The molecule has 0 aliphatic rings. The number of methoxy groups -OCH3 is 2. The third kappa shape index (κ3) is 15.7. The molecule has 0 saturated carbocycles. The standard InChI is InChI=1S/C86H144O2P2Si8/c1-27-91(28-2,29-3)73-57-69(58-74(65-73)92(30-4,31-5)32-6)89(70-59-75(93(33-7,34-8)35-9)66-76(60-70)94(36-10,37-11)38-12)83-55-51-53-81(87-25)85(83)86-82(88-26)54-52-56-84(86)90(71-61-77(95(39-13,40-14)41-15)67-78(62-71)96(42-16,43-17)44-18)72-63-79(97(45-19,46-20)47-21)68-80(64-72)98(48-22,49-23)50-24/h51-68H,27-50H2,1-26H3. The van der Waals surface area contributed by atoms with E-state index in [1.165, 1.54) is 167 Å². The molecule has 0 fully saturated rings. The molecule has 6 aromatic rings. The molecule has 6 rings (SSSR count). The number of hydrogen-bond donors (Lipinski definition) is 0. The largest absolute Gasteiger partial charge is 0.496 e. The zero-order valence-corrected chi connectivity index (χ0v) is 77.9. The number of rotatable bonds is 41. The van der Waals surface area contributed by atoms with Gasteiger partial charge in [0.1, 0.15) is 11.5 Å². The van der Waals surface area contributed by atoms with Crippen molar-refractivity contribution in [1.29, 1.82) is 0 Å². The van der Waals surface area contributed by atoms with Crippen molar-refractivity contribution in [3.63, 3.8) is 0 Å². The molecule has 0 aromatic heterocycles. The van der Waals surface area contributed by atoms with Gasteiger partial charge >= 0.3 is 0 Å². The zero-order chi connectivity index (χ0) is 72.7. The first-order valence-corrected chi connectivity index (χ1v) is 64.3. The summed E-state index contributed by atoms with van der Waals surface area (Å²) in [4.78, 5) is 0. The topological polar surface area (TPSA) is 18.5 Å². The van der Waals surface area contributed by atoms with Gasteiger partial charge in [0, 0.05) is 11.1 Å². The molecule has 2 nitrogen and oxygen atoms in total. The predicted molar refractivity (Wildman–Crippen MR) is 477 cm³/mol. The Labute approximate surface area is 615 Å². The molecule has 0 bridgehead atoms. The van der Waals surface area contributed by atoms with Crippen molar-refractivity contribution in [3.8, 4) is 22.6 Å². The van der Waals surface area contributed by atoms with E-state index in [9.17, 15) is 0 Å². The van der Waals surface area contributed by atoms with Gasteiger partial charge in [-0.25, -0.2) is 0 Å². The van der Waals surface area contributed by atoms with E-state index in [2.05, 4.69) is 275 Å². The van der Waals surface area contributed by atoms with Crippen molar-refractivity contribution < 1.29 is 9.47 Å². The molecule has 0 radical (unpaired) electrons. The number of benzene rings is 6. The highest BCUT2D eigenvalue weighted by Crippen LogP contribution is 2.48. The van der Waals surface area contributed by atoms with Crippen LogP contribution in [0.1, 0.15) is 166 Å². The van der Waals surface area contributed by atoms with Crippen LogP contribution in [0.2, 0.25) is 145 Å². The molecular formula is C86H144O2P2Si8. The maximum atomic E-state index is 7.17. The van der Waals surface area contributed by atoms with E-state index < -0.39 is 80.4 Å². The second-order valence-electron chi connectivity index (χ2n) is 30.2. The first-order chi connectivity index (χ1) is 47.1. The van der Waals surface area contributed by atoms with Crippen LogP contribution in [0, 0.1) is 0 Å². The summed E-state index contributed by atoms with van der Waals surface area (Å²) in [6, 6.07) is 79.7. The maximum Gasteiger partial charge on any atom is 0.127 e. The summed E-state index contributed by atoms with van der Waals surface area (Å²) < 4.78 is 14.3. The Morgan fingerprint density at radius 2 is 0.357 bits per heavy atom. The maximum absolute atomic E-state index is 7.17. The quantitative estimate of drug-likeness (QED) is 0.0281. The normalized spacial score (nSPS) is 13.1. The minimum absolute atomic E-state index is 0.970. The van der Waals surface area contributed by atoms with E-state index in [0.717, 1.165) is 11.5 Å². The number of ether oxygens (including phenoxy) is 2. The monoisotopic (exact) mass is 1490 g/mol. The molecule has 0 atom stereocenters. The number of hydrogen-bond acceptors (Lipinski definition) is 2. The van der Waals surface area contributed by atoms with E-state index in [1.807, 2.05) is 14.2 Å². The van der Waals surface area contributed by atoms with Crippen molar-refractivity contribution in [3.05, 3.63) is 109 Å². The summed E-state index contributed by atoms with van der Waals surface area (Å²) in [7, 11) is -14.0. The lowest BCUT2D eigenvalue weighted by Crippen LogP contribution is -2.54. The van der Waals surface area contributed by atoms with E-state index in [1.54, 1.807) is 62.7 Å². The molecule has 98 heavy (non-hydrogen) atoms. The Bertz CT molecular complexity index is 2870. The van der Waals surface area contributed by atoms with E-state index >= 15 is 0 Å². The van der Waals surface area contributed by atoms with Crippen molar-refractivity contribution in [2.24, 2.45) is 0 Å². The van der Waals surface area contributed by atoms with Crippen LogP contribution < -0.4 is 82.8 Å². The van der Waals surface area contributed by atoms with Crippen LogP contribution in [-0.2, 0) is 0 Å². The third-order valence-corrected chi connectivity index (χ3v) is 78.4. The highest BCUT2D eigenvalue weighted by atomic mass is 31.1. The lowest BCUT2D eigenvalue weighted by Gasteiger charge is -2.37. The molecule has 0 aliphatic heterocycles. The zero-order valence-electron chi connectivity index (χ0n) is 68.1. The molecule has 6 aromatic carbocycles. The van der Waals surface area contributed by atoms with Crippen LogP contribution in [0.15, 0.2) is 109 Å². The Morgan fingerprint density at radius 3 is 0.480 bits per heavy atom. The lowest BCUT2D eigenvalue weighted by atomic mass is 10.0. The van der Waals surface area contributed by atoms with Crippen molar-refractivity contribution in [2.75, 3.05) is 14.2 Å². The van der Waals surface area contributed by atoms with Crippen molar-refractivity contribution in [2.45, 2.75) is 311 Å². The minimum Gasteiger partial charge on any atom is -0.496 e. The minimum atomic E-state index is -1.94. The average Bonchev–Trinajstić information content (AvgIpc) is 0.738. The Morgan fingerprint density at radius 1 is 0.214 bits per heavy atom. The van der Waals surface area contributed by atoms with Gasteiger partial charge in [0.05, 0.1) is 78.8 Å². The van der Waals surface area contributed by atoms with E-state index in [-0.39, 0.29) is 0 Å². The fraction of sp³-hybridized carbons (Fsp3) is 0.581. The Balaban J connectivity index is 2.10. The van der Waals surface area contributed by atoms with Crippen molar-refractivity contribution in [1.82, 2.24) is 0 Å². The highest BCUT2D eigenvalue weighted by Gasteiger charge is 2.43. The summed E-state index contributed by atoms with van der Waals surface area (Å²) >= 11 is 0. The molecule has 0 unspecified atom stereocenters. The smallest absolute Gasteiger partial charge is 0.127 e. The van der Waals surface area contributed by atoms with Crippen LogP contribution in [0.3, 0.4) is 0 Å². The molecule has 0 N–H and O–H groups in total. The van der Waals surface area contributed by atoms with E-state index in [4.69, 9.17) is 9.47 Å². The van der Waals surface area contributed by atoms with Gasteiger partial charge in [-0.1, -0.05) is 450 Å². The molecule has 0 heterocycles. The van der Waals surface area contributed by atoms with Gasteiger partial charge in [-0.3, -0.25) is 0 Å². The third-order valence-electron chi connectivity index (χ3n) is 29.0. The van der Waals surface area contributed by atoms with Crippen LogP contribution in [0.4, 0.5) is 0 Å².